The van der Waals surface area contributed by atoms with E-state index < -0.39 is 0 Å². The van der Waals surface area contributed by atoms with Gasteiger partial charge >= 0.3 is 0 Å². The van der Waals surface area contributed by atoms with Crippen molar-refractivity contribution in [1.29, 1.82) is 5.41 Å². The molecule has 0 heterocycles. The number of rotatable bonds is 4. The molecular weight excluding hydrogens is 184 g/mol. The van der Waals surface area contributed by atoms with Crippen LogP contribution >= 0.6 is 0 Å². The molecule has 2 nitrogen and oxygen atoms in total. The molecule has 0 spiro atoms. The van der Waals surface area contributed by atoms with E-state index >= 15 is 0 Å². The van der Waals surface area contributed by atoms with Crippen LogP contribution in [0.25, 0.3) is 0 Å². The van der Waals surface area contributed by atoms with Gasteiger partial charge in [0.2, 0.25) is 0 Å². The van der Waals surface area contributed by atoms with Gasteiger partial charge < -0.3 is 4.90 Å². The zero-order valence-electron chi connectivity index (χ0n) is 10.6. The van der Waals surface area contributed by atoms with Gasteiger partial charge in [-0.3, -0.25) is 5.41 Å². The third kappa shape index (κ3) is 3.51. The highest BCUT2D eigenvalue weighted by atomic mass is 15.1. The van der Waals surface area contributed by atoms with Gasteiger partial charge in [-0.15, -0.1) is 0 Å². The van der Waals surface area contributed by atoms with E-state index in [-0.39, 0.29) is 0 Å². The second kappa shape index (κ2) is 6.14. The van der Waals surface area contributed by atoms with Crippen LogP contribution in [0.2, 0.25) is 0 Å². The Labute approximate surface area is 94.6 Å². The van der Waals surface area contributed by atoms with E-state index in [2.05, 4.69) is 6.92 Å². The molecule has 1 saturated carbocycles. The molecule has 1 N–H and O–H groups in total. The molecular formula is C13H26N2. The van der Waals surface area contributed by atoms with E-state index in [9.17, 15) is 0 Å². The van der Waals surface area contributed by atoms with Gasteiger partial charge in [-0.25, -0.2) is 0 Å². The molecule has 1 aliphatic rings. The summed E-state index contributed by atoms with van der Waals surface area (Å²) >= 11 is 0. The number of hydrogen-bond donors (Lipinski definition) is 1. The van der Waals surface area contributed by atoms with Crippen LogP contribution in [-0.4, -0.2) is 24.8 Å². The quantitative estimate of drug-likeness (QED) is 0.558. The topological polar surface area (TPSA) is 27.1 Å². The third-order valence-electron chi connectivity index (χ3n) is 3.65. The van der Waals surface area contributed by atoms with Crippen molar-refractivity contribution >= 4 is 5.84 Å². The van der Waals surface area contributed by atoms with Crippen molar-refractivity contribution in [3.63, 3.8) is 0 Å². The Morgan fingerprint density at radius 1 is 1.27 bits per heavy atom. The maximum Gasteiger partial charge on any atom is 0.0987 e. The first-order chi connectivity index (χ1) is 7.16. The minimum atomic E-state index is 0.519. The van der Waals surface area contributed by atoms with Crippen molar-refractivity contribution < 1.29 is 0 Å². The molecule has 1 aliphatic carbocycles. The molecule has 2 heteroatoms. The van der Waals surface area contributed by atoms with E-state index in [4.69, 9.17) is 5.41 Å². The number of amidine groups is 1. The second-order valence-corrected chi connectivity index (χ2v) is 5.07. The van der Waals surface area contributed by atoms with Crippen molar-refractivity contribution in [1.82, 2.24) is 4.90 Å². The van der Waals surface area contributed by atoms with Crippen LogP contribution < -0.4 is 0 Å². The average Bonchev–Trinajstić information content (AvgIpc) is 2.26. The average molecular weight is 210 g/mol. The van der Waals surface area contributed by atoms with Crippen molar-refractivity contribution in [3.05, 3.63) is 0 Å². The van der Waals surface area contributed by atoms with Crippen LogP contribution in [0.5, 0.6) is 0 Å². The van der Waals surface area contributed by atoms with Crippen LogP contribution in [0, 0.1) is 17.2 Å². The Hall–Kier alpha value is -0.530. The normalized spacial score (nSPS) is 19.9. The van der Waals surface area contributed by atoms with Crippen LogP contribution in [-0.2, 0) is 0 Å². The van der Waals surface area contributed by atoms with E-state index in [1.54, 1.807) is 0 Å². The van der Waals surface area contributed by atoms with E-state index in [0.717, 1.165) is 11.8 Å². The van der Waals surface area contributed by atoms with Crippen LogP contribution in [0.15, 0.2) is 0 Å². The van der Waals surface area contributed by atoms with E-state index in [1.807, 2.05) is 19.0 Å². The molecule has 0 amide bonds. The summed E-state index contributed by atoms with van der Waals surface area (Å²) in [4.78, 5) is 1.99. The fraction of sp³-hybridized carbons (Fsp3) is 0.923. The second-order valence-electron chi connectivity index (χ2n) is 5.07. The Morgan fingerprint density at radius 3 is 2.33 bits per heavy atom. The van der Waals surface area contributed by atoms with Crippen molar-refractivity contribution in [2.45, 2.75) is 51.9 Å². The molecule has 1 rings (SSSR count). The molecule has 0 aliphatic heterocycles. The highest BCUT2D eigenvalue weighted by molar-refractivity contribution is 5.81. The highest BCUT2D eigenvalue weighted by Crippen LogP contribution is 2.33. The molecule has 88 valence electrons. The summed E-state index contributed by atoms with van der Waals surface area (Å²) in [5, 5.41) is 8.17. The predicted molar refractivity (Wildman–Crippen MR) is 66.4 cm³/mol. The van der Waals surface area contributed by atoms with Gasteiger partial charge in [0.25, 0.3) is 0 Å². The Morgan fingerprint density at radius 2 is 1.87 bits per heavy atom. The molecule has 1 unspecified atom stereocenters. The lowest BCUT2D eigenvalue weighted by molar-refractivity contribution is 0.274. The fourth-order valence-corrected chi connectivity index (χ4v) is 2.77. The van der Waals surface area contributed by atoms with E-state index in [1.165, 1.54) is 44.9 Å². The maximum absolute atomic E-state index is 8.17. The number of nitrogens with zero attached hydrogens (tertiary/aromatic N) is 1. The molecule has 15 heavy (non-hydrogen) atoms. The van der Waals surface area contributed by atoms with Crippen molar-refractivity contribution in [3.8, 4) is 0 Å². The van der Waals surface area contributed by atoms with Crippen molar-refractivity contribution in [2.24, 2.45) is 11.8 Å². The summed E-state index contributed by atoms with van der Waals surface area (Å²) in [5.74, 6) is 2.16. The smallest absolute Gasteiger partial charge is 0.0987 e. The van der Waals surface area contributed by atoms with Crippen LogP contribution in [0.3, 0.4) is 0 Å². The minimum absolute atomic E-state index is 0.519. The number of hydrogen-bond acceptors (Lipinski definition) is 1. The van der Waals surface area contributed by atoms with Gasteiger partial charge in [0, 0.05) is 20.0 Å². The Kier molecular flexibility index (Phi) is 5.13. The SMILES string of the molecule is CCCC(C(=N)N(C)C)C1CCCCC1. The minimum Gasteiger partial charge on any atom is -0.366 e. The monoisotopic (exact) mass is 210 g/mol. The largest absolute Gasteiger partial charge is 0.366 e. The van der Waals surface area contributed by atoms with Gasteiger partial charge in [-0.05, 0) is 25.2 Å². The standard InChI is InChI=1S/C13H26N2/c1-4-8-12(13(14)15(2)3)11-9-6-5-7-10-11/h11-12,14H,4-10H2,1-3H3. The number of nitrogens with one attached hydrogen (secondary N) is 1. The molecule has 0 aromatic carbocycles. The molecule has 0 aromatic rings. The lowest BCUT2D eigenvalue weighted by Crippen LogP contribution is -2.34. The first-order valence-electron chi connectivity index (χ1n) is 6.42. The first-order valence-corrected chi connectivity index (χ1v) is 6.42. The Bertz CT molecular complexity index is 193. The third-order valence-corrected chi connectivity index (χ3v) is 3.65. The maximum atomic E-state index is 8.17. The summed E-state index contributed by atoms with van der Waals surface area (Å²) in [7, 11) is 4.02. The predicted octanol–water partition coefficient (Wildman–Crippen LogP) is 3.52. The van der Waals surface area contributed by atoms with Gasteiger partial charge in [-0.1, -0.05) is 32.6 Å². The zero-order valence-corrected chi connectivity index (χ0v) is 10.6. The summed E-state index contributed by atoms with van der Waals surface area (Å²) in [6.45, 7) is 2.23. The first kappa shape index (κ1) is 12.5. The van der Waals surface area contributed by atoms with Crippen LogP contribution in [0.4, 0.5) is 0 Å². The highest BCUT2D eigenvalue weighted by Gasteiger charge is 2.27. The summed E-state index contributed by atoms with van der Waals surface area (Å²) < 4.78 is 0. The Balaban J connectivity index is 2.58. The molecule has 0 bridgehead atoms. The van der Waals surface area contributed by atoms with Crippen LogP contribution in [0.1, 0.15) is 51.9 Å². The lowest BCUT2D eigenvalue weighted by atomic mass is 9.77. The summed E-state index contributed by atoms with van der Waals surface area (Å²) in [5.41, 5.74) is 0. The summed E-state index contributed by atoms with van der Waals surface area (Å²) in [6.07, 6.45) is 9.27. The molecule has 0 saturated heterocycles. The van der Waals surface area contributed by atoms with E-state index in [0.29, 0.717) is 5.92 Å². The van der Waals surface area contributed by atoms with Gasteiger partial charge in [0.1, 0.15) is 0 Å². The molecule has 1 fully saturated rings. The molecule has 0 aromatic heterocycles. The molecule has 0 radical (unpaired) electrons. The molecule has 1 atom stereocenters. The lowest BCUT2D eigenvalue weighted by Gasteiger charge is -2.33. The zero-order chi connectivity index (χ0) is 11.3. The fourth-order valence-electron chi connectivity index (χ4n) is 2.77. The summed E-state index contributed by atoms with van der Waals surface area (Å²) in [6, 6.07) is 0. The van der Waals surface area contributed by atoms with Gasteiger partial charge in [-0.2, -0.15) is 0 Å². The van der Waals surface area contributed by atoms with Crippen molar-refractivity contribution in [2.75, 3.05) is 14.1 Å². The van der Waals surface area contributed by atoms with Gasteiger partial charge in [0.05, 0.1) is 5.84 Å². The van der Waals surface area contributed by atoms with Gasteiger partial charge in [0.15, 0.2) is 0 Å².